The molecular formula is C11H12F3NO3. The summed E-state index contributed by atoms with van der Waals surface area (Å²) in [5, 5.41) is 2.44. The topological polar surface area (TPSA) is 47.6 Å². The van der Waals surface area contributed by atoms with Crippen LogP contribution in [0.5, 0.6) is 5.75 Å². The van der Waals surface area contributed by atoms with Crippen molar-refractivity contribution in [2.24, 2.45) is 0 Å². The molecular weight excluding hydrogens is 251 g/mol. The van der Waals surface area contributed by atoms with E-state index in [1.807, 2.05) is 0 Å². The van der Waals surface area contributed by atoms with Gasteiger partial charge in [-0.05, 0) is 24.6 Å². The predicted molar refractivity (Wildman–Crippen MR) is 57.0 cm³/mol. The molecule has 0 saturated heterocycles. The molecule has 1 rings (SSSR count). The lowest BCUT2D eigenvalue weighted by atomic mass is 10.2. The van der Waals surface area contributed by atoms with Gasteiger partial charge in [-0.1, -0.05) is 12.1 Å². The Hall–Kier alpha value is -1.92. The highest BCUT2D eigenvalue weighted by atomic mass is 19.4. The van der Waals surface area contributed by atoms with Gasteiger partial charge in [0.15, 0.2) is 0 Å². The third-order valence-corrected chi connectivity index (χ3v) is 1.87. The molecule has 1 amide bonds. The second-order valence-corrected chi connectivity index (χ2v) is 3.27. The van der Waals surface area contributed by atoms with E-state index < -0.39 is 12.5 Å². The molecule has 0 aliphatic rings. The zero-order valence-corrected chi connectivity index (χ0v) is 9.58. The standard InChI is InChI=1S/C11H12F3NO3/c1-2-17-10(16)15-7-8-3-5-9(6-4-8)18-11(12,13)14/h3-6H,2,7H2,1H3,(H,15,16). The number of hydrogen-bond donors (Lipinski definition) is 1. The summed E-state index contributed by atoms with van der Waals surface area (Å²) < 4.78 is 44.0. The van der Waals surface area contributed by atoms with Crippen molar-refractivity contribution in [1.29, 1.82) is 0 Å². The lowest BCUT2D eigenvalue weighted by molar-refractivity contribution is -0.274. The number of hydrogen-bond acceptors (Lipinski definition) is 3. The summed E-state index contributed by atoms with van der Waals surface area (Å²) in [6.07, 6.45) is -5.28. The molecule has 0 aliphatic heterocycles. The molecule has 0 fully saturated rings. The van der Waals surface area contributed by atoms with E-state index in [4.69, 9.17) is 0 Å². The van der Waals surface area contributed by atoms with E-state index in [1.165, 1.54) is 24.3 Å². The first-order valence-corrected chi connectivity index (χ1v) is 5.16. The number of benzene rings is 1. The highest BCUT2D eigenvalue weighted by Gasteiger charge is 2.30. The van der Waals surface area contributed by atoms with Crippen LogP contribution in [0.4, 0.5) is 18.0 Å². The van der Waals surface area contributed by atoms with Gasteiger partial charge in [0, 0.05) is 6.54 Å². The summed E-state index contributed by atoms with van der Waals surface area (Å²) in [7, 11) is 0. The molecule has 0 unspecified atom stereocenters. The van der Waals surface area contributed by atoms with Crippen molar-refractivity contribution in [3.8, 4) is 5.75 Å². The molecule has 0 spiro atoms. The van der Waals surface area contributed by atoms with E-state index in [9.17, 15) is 18.0 Å². The maximum atomic E-state index is 11.9. The number of alkyl carbamates (subject to hydrolysis) is 1. The Labute approximate surface area is 102 Å². The maximum absolute atomic E-state index is 11.9. The Balaban J connectivity index is 2.48. The van der Waals surface area contributed by atoms with Crippen LogP contribution < -0.4 is 10.1 Å². The molecule has 1 N–H and O–H groups in total. The molecule has 18 heavy (non-hydrogen) atoms. The van der Waals surface area contributed by atoms with Crippen LogP contribution in [0.3, 0.4) is 0 Å². The number of alkyl halides is 3. The van der Waals surface area contributed by atoms with Gasteiger partial charge in [-0.2, -0.15) is 0 Å². The van der Waals surface area contributed by atoms with Crippen LogP contribution in [0.1, 0.15) is 12.5 Å². The average molecular weight is 263 g/mol. The van der Waals surface area contributed by atoms with E-state index in [2.05, 4.69) is 14.8 Å². The molecule has 7 heteroatoms. The fourth-order valence-electron chi connectivity index (χ4n) is 1.17. The van der Waals surface area contributed by atoms with Gasteiger partial charge in [-0.3, -0.25) is 0 Å². The van der Waals surface area contributed by atoms with E-state index in [0.717, 1.165) is 0 Å². The van der Waals surface area contributed by atoms with Crippen LogP contribution in [0, 0.1) is 0 Å². The van der Waals surface area contributed by atoms with Crippen molar-refractivity contribution in [3.63, 3.8) is 0 Å². The zero-order valence-electron chi connectivity index (χ0n) is 9.58. The average Bonchev–Trinajstić information content (AvgIpc) is 2.26. The van der Waals surface area contributed by atoms with Gasteiger partial charge >= 0.3 is 12.5 Å². The van der Waals surface area contributed by atoms with Gasteiger partial charge in [-0.15, -0.1) is 13.2 Å². The Morgan fingerprint density at radius 1 is 1.28 bits per heavy atom. The van der Waals surface area contributed by atoms with E-state index in [0.29, 0.717) is 5.56 Å². The minimum absolute atomic E-state index is 0.172. The fourth-order valence-corrected chi connectivity index (χ4v) is 1.17. The van der Waals surface area contributed by atoms with E-state index >= 15 is 0 Å². The van der Waals surface area contributed by atoms with Crippen molar-refractivity contribution >= 4 is 6.09 Å². The van der Waals surface area contributed by atoms with Crippen molar-refractivity contribution in [3.05, 3.63) is 29.8 Å². The first-order chi connectivity index (χ1) is 8.40. The van der Waals surface area contributed by atoms with Crippen LogP contribution in [0.2, 0.25) is 0 Å². The third-order valence-electron chi connectivity index (χ3n) is 1.87. The Bertz CT molecular complexity index is 390. The van der Waals surface area contributed by atoms with Crippen molar-refractivity contribution in [1.82, 2.24) is 5.32 Å². The molecule has 0 atom stereocenters. The van der Waals surface area contributed by atoms with Crippen molar-refractivity contribution in [2.45, 2.75) is 19.8 Å². The Morgan fingerprint density at radius 2 is 1.89 bits per heavy atom. The van der Waals surface area contributed by atoms with Gasteiger partial charge in [0.25, 0.3) is 0 Å². The summed E-state index contributed by atoms with van der Waals surface area (Å²) >= 11 is 0. The lowest BCUT2D eigenvalue weighted by Crippen LogP contribution is -2.23. The van der Waals surface area contributed by atoms with Crippen molar-refractivity contribution in [2.75, 3.05) is 6.61 Å². The monoisotopic (exact) mass is 263 g/mol. The van der Waals surface area contributed by atoms with Crippen LogP contribution >= 0.6 is 0 Å². The summed E-state index contributed by atoms with van der Waals surface area (Å²) in [6.45, 7) is 2.10. The maximum Gasteiger partial charge on any atom is 0.573 e. The molecule has 0 saturated carbocycles. The van der Waals surface area contributed by atoms with E-state index in [-0.39, 0.29) is 18.9 Å². The normalized spacial score (nSPS) is 10.9. The quantitative estimate of drug-likeness (QED) is 0.908. The third kappa shape index (κ3) is 5.42. The minimum atomic E-state index is -4.70. The predicted octanol–water partition coefficient (Wildman–Crippen LogP) is 2.83. The molecule has 0 bridgehead atoms. The second-order valence-electron chi connectivity index (χ2n) is 3.27. The molecule has 100 valence electrons. The first-order valence-electron chi connectivity index (χ1n) is 5.16. The number of amides is 1. The summed E-state index contributed by atoms with van der Waals surface area (Å²) in [4.78, 5) is 11.0. The van der Waals surface area contributed by atoms with E-state index in [1.54, 1.807) is 6.92 Å². The molecule has 4 nitrogen and oxygen atoms in total. The van der Waals surface area contributed by atoms with Crippen LogP contribution in [0.15, 0.2) is 24.3 Å². The van der Waals surface area contributed by atoms with Gasteiger partial charge in [0.1, 0.15) is 5.75 Å². The highest BCUT2D eigenvalue weighted by molar-refractivity contribution is 5.67. The molecule has 0 radical (unpaired) electrons. The zero-order chi connectivity index (χ0) is 13.6. The molecule has 1 aromatic carbocycles. The van der Waals surface area contributed by atoms with Gasteiger partial charge in [0.05, 0.1) is 6.61 Å². The fraction of sp³-hybridized carbons (Fsp3) is 0.364. The van der Waals surface area contributed by atoms with Gasteiger partial charge in [0.2, 0.25) is 0 Å². The first kappa shape index (κ1) is 14.1. The largest absolute Gasteiger partial charge is 0.573 e. The summed E-state index contributed by atoms with van der Waals surface area (Å²) in [5.41, 5.74) is 0.637. The number of rotatable bonds is 4. The summed E-state index contributed by atoms with van der Waals surface area (Å²) in [6, 6.07) is 5.20. The Kier molecular flexibility index (Phi) is 4.82. The number of ether oxygens (including phenoxy) is 2. The SMILES string of the molecule is CCOC(=O)NCc1ccc(OC(F)(F)F)cc1. The molecule has 0 aliphatic carbocycles. The second kappa shape index (κ2) is 6.13. The molecule has 0 heterocycles. The van der Waals surface area contributed by atoms with Crippen LogP contribution in [-0.2, 0) is 11.3 Å². The number of nitrogens with one attached hydrogen (secondary N) is 1. The van der Waals surface area contributed by atoms with Gasteiger partial charge in [-0.25, -0.2) is 4.79 Å². The Morgan fingerprint density at radius 3 is 2.39 bits per heavy atom. The number of carbonyl (C=O) groups excluding carboxylic acids is 1. The smallest absolute Gasteiger partial charge is 0.450 e. The van der Waals surface area contributed by atoms with Gasteiger partial charge < -0.3 is 14.8 Å². The lowest BCUT2D eigenvalue weighted by Gasteiger charge is -2.09. The summed E-state index contributed by atoms with van der Waals surface area (Å²) in [5.74, 6) is -0.303. The number of halogens is 3. The number of carbonyl (C=O) groups is 1. The van der Waals surface area contributed by atoms with Crippen LogP contribution in [0.25, 0.3) is 0 Å². The molecule has 0 aromatic heterocycles. The minimum Gasteiger partial charge on any atom is -0.450 e. The molecule has 1 aromatic rings. The van der Waals surface area contributed by atoms with Crippen molar-refractivity contribution < 1.29 is 27.4 Å². The highest BCUT2D eigenvalue weighted by Crippen LogP contribution is 2.22. The van der Waals surface area contributed by atoms with Crippen LogP contribution in [-0.4, -0.2) is 19.1 Å².